The molecule has 7 rings (SSSR count). The van der Waals surface area contributed by atoms with Gasteiger partial charge in [-0.2, -0.15) is 5.10 Å². The number of amides is 4. The van der Waals surface area contributed by atoms with Crippen molar-refractivity contribution in [3.05, 3.63) is 64.2 Å². The third kappa shape index (κ3) is 13.0. The molecule has 4 amide bonds. The SMILES string of the molecule is C[C@H]1OCC2(CCN(c3cnc(Sc4cccc(NC(=O)CCC(=O)NCCCOCCOCCOCCCNc5cccc6cnn(C7CCC(=O)NC7=O)c(=O)c56)c4Cl)c(N)n3)CC2)[C@H]1N. The van der Waals surface area contributed by atoms with Gasteiger partial charge in [-0.25, -0.2) is 14.6 Å². The summed E-state index contributed by atoms with van der Waals surface area (Å²) in [5, 5.41) is 17.3. The molecule has 22 heteroatoms. The number of anilines is 4. The van der Waals surface area contributed by atoms with Crippen LogP contribution >= 0.6 is 23.4 Å². The van der Waals surface area contributed by atoms with Gasteiger partial charge in [0.05, 0.1) is 67.6 Å². The fraction of sp³-hybridized carbons (Fsp3) is 0.522. The number of aromatic nitrogens is 4. The number of fused-ring (bicyclic) bond motifs is 1. The molecule has 0 aliphatic carbocycles. The molecule has 3 aliphatic rings. The Kier molecular flexibility index (Phi) is 18.0. The number of hydrogen-bond acceptors (Lipinski definition) is 17. The van der Waals surface area contributed by atoms with Crippen LogP contribution in [0.25, 0.3) is 10.8 Å². The van der Waals surface area contributed by atoms with Crippen LogP contribution in [0.1, 0.15) is 64.3 Å². The van der Waals surface area contributed by atoms with E-state index in [9.17, 15) is 24.0 Å². The maximum absolute atomic E-state index is 13.3. The molecule has 5 heterocycles. The number of carbonyl (C=O) groups is 4. The van der Waals surface area contributed by atoms with E-state index in [2.05, 4.69) is 41.2 Å². The van der Waals surface area contributed by atoms with Crippen molar-refractivity contribution in [1.82, 2.24) is 30.4 Å². The highest BCUT2D eigenvalue weighted by molar-refractivity contribution is 7.99. The number of nitrogens with two attached hydrogens (primary N) is 2. The third-order valence-corrected chi connectivity index (χ3v) is 13.9. The summed E-state index contributed by atoms with van der Waals surface area (Å²) < 4.78 is 23.9. The molecule has 0 bridgehead atoms. The van der Waals surface area contributed by atoms with Gasteiger partial charge in [0.2, 0.25) is 17.7 Å². The number of halogens is 1. The lowest BCUT2D eigenvalue weighted by Crippen LogP contribution is -2.50. The van der Waals surface area contributed by atoms with Crippen LogP contribution in [0.4, 0.5) is 23.0 Å². The molecule has 1 unspecified atom stereocenters. The molecule has 3 saturated heterocycles. The Morgan fingerprint density at radius 2 is 1.63 bits per heavy atom. The summed E-state index contributed by atoms with van der Waals surface area (Å²) in [6.45, 7) is 7.77. The van der Waals surface area contributed by atoms with Crippen molar-refractivity contribution in [3.8, 4) is 0 Å². The average Bonchev–Trinajstić information content (AvgIpc) is 3.60. The van der Waals surface area contributed by atoms with Crippen LogP contribution in [0.15, 0.2) is 63.5 Å². The van der Waals surface area contributed by atoms with Crippen molar-refractivity contribution >= 4 is 80.8 Å². The van der Waals surface area contributed by atoms with Crippen LogP contribution in [0.5, 0.6) is 0 Å². The van der Waals surface area contributed by atoms with Gasteiger partial charge >= 0.3 is 0 Å². The molecular formula is C46H60ClN11O9S. The predicted octanol–water partition coefficient (Wildman–Crippen LogP) is 3.66. The lowest BCUT2D eigenvalue weighted by molar-refractivity contribution is -0.136. The van der Waals surface area contributed by atoms with E-state index in [1.54, 1.807) is 36.7 Å². The summed E-state index contributed by atoms with van der Waals surface area (Å²) >= 11 is 7.96. The zero-order chi connectivity index (χ0) is 48.0. The number of ether oxygens (including phenoxy) is 4. The van der Waals surface area contributed by atoms with Gasteiger partial charge in [-0.15, -0.1) is 0 Å². The molecule has 366 valence electrons. The Bertz CT molecular complexity index is 2470. The summed E-state index contributed by atoms with van der Waals surface area (Å²) in [5.41, 5.74) is 13.5. The van der Waals surface area contributed by atoms with E-state index in [4.69, 9.17) is 42.0 Å². The smallest absolute Gasteiger partial charge is 0.277 e. The first-order valence-corrected chi connectivity index (χ1v) is 24.2. The second-order valence-electron chi connectivity index (χ2n) is 17.0. The Balaban J connectivity index is 0.698. The number of nitrogens with zero attached hydrogens (tertiary/aromatic N) is 5. The first-order chi connectivity index (χ1) is 32.9. The normalized spacial score (nSPS) is 19.0. The van der Waals surface area contributed by atoms with Gasteiger partial charge < -0.3 is 51.3 Å². The number of benzene rings is 2. The Labute approximate surface area is 403 Å². The number of nitrogen functional groups attached to an aromatic ring is 1. The lowest BCUT2D eigenvalue weighted by Gasteiger charge is -2.41. The molecule has 2 aromatic heterocycles. The summed E-state index contributed by atoms with van der Waals surface area (Å²) in [5.74, 6) is -0.493. The second-order valence-corrected chi connectivity index (χ2v) is 18.4. The highest BCUT2D eigenvalue weighted by Crippen LogP contribution is 2.43. The second kappa shape index (κ2) is 24.2. The van der Waals surface area contributed by atoms with Crippen molar-refractivity contribution in [2.24, 2.45) is 11.1 Å². The minimum Gasteiger partial charge on any atom is -0.384 e. The number of piperidine rings is 2. The van der Waals surface area contributed by atoms with Crippen LogP contribution in [0, 0.1) is 5.41 Å². The van der Waals surface area contributed by atoms with Crippen molar-refractivity contribution in [2.45, 2.75) is 86.4 Å². The Morgan fingerprint density at radius 1 is 0.941 bits per heavy atom. The first kappa shape index (κ1) is 50.5. The molecule has 20 nitrogen and oxygen atoms in total. The van der Waals surface area contributed by atoms with Crippen molar-refractivity contribution in [1.29, 1.82) is 0 Å². The zero-order valence-electron chi connectivity index (χ0n) is 38.1. The van der Waals surface area contributed by atoms with Crippen LogP contribution < -0.4 is 43.2 Å². The maximum atomic E-state index is 13.3. The molecule has 2 aromatic carbocycles. The fourth-order valence-corrected chi connectivity index (χ4v) is 9.52. The van der Waals surface area contributed by atoms with E-state index in [0.717, 1.165) is 30.6 Å². The molecule has 3 aliphatic heterocycles. The minimum absolute atomic E-state index is 0.00168. The lowest BCUT2D eigenvalue weighted by atomic mass is 9.73. The molecule has 68 heavy (non-hydrogen) atoms. The highest BCUT2D eigenvalue weighted by Gasteiger charge is 2.47. The van der Waals surface area contributed by atoms with Crippen molar-refractivity contribution < 1.29 is 38.1 Å². The van der Waals surface area contributed by atoms with Gasteiger partial charge in [0, 0.05) is 86.1 Å². The highest BCUT2D eigenvalue weighted by atomic mass is 35.5. The Hall–Kier alpha value is -5.42. The number of imide groups is 1. The quantitative estimate of drug-likeness (QED) is 0.0457. The van der Waals surface area contributed by atoms with Crippen LogP contribution in [-0.4, -0.2) is 128 Å². The summed E-state index contributed by atoms with van der Waals surface area (Å²) in [4.78, 5) is 74.5. The third-order valence-electron chi connectivity index (χ3n) is 12.4. The van der Waals surface area contributed by atoms with E-state index in [-0.39, 0.29) is 66.8 Å². The standard InChI is InChI=1S/C46H60ClN11O9S/c1-29-41(48)46(28-67-29)14-18-57(19-15-46)35-27-52-44(42(49)55-35)68-34-9-3-8-32(40(34)47)54-37(60)13-12-36(59)51-17-5-21-65-23-25-66-24-22-64-20-4-16-50-31-7-2-6-30-26-53-58(45(63)39(30)31)33-10-11-38(61)56-43(33)62/h2-3,6-9,26-27,29,33,41,50H,4-5,10-25,28,48H2,1H3,(H2,49,55)(H,51,59)(H,54,60)(H,56,61,62)/t29-,33?,41+/m1/s1. The maximum Gasteiger partial charge on any atom is 0.277 e. The van der Waals surface area contributed by atoms with Gasteiger partial charge in [0.25, 0.3) is 11.5 Å². The van der Waals surface area contributed by atoms with Gasteiger partial charge in [0.1, 0.15) is 16.9 Å². The van der Waals surface area contributed by atoms with Gasteiger partial charge in [-0.05, 0) is 57.2 Å². The largest absolute Gasteiger partial charge is 0.384 e. The topological polar surface area (TPSA) is 269 Å². The van der Waals surface area contributed by atoms with E-state index < -0.39 is 17.5 Å². The van der Waals surface area contributed by atoms with Gasteiger partial charge in [-0.3, -0.25) is 29.3 Å². The van der Waals surface area contributed by atoms with Gasteiger partial charge in [-0.1, -0.05) is 41.6 Å². The number of carbonyl (C=O) groups excluding carboxylic acids is 4. The molecule has 8 N–H and O–H groups in total. The summed E-state index contributed by atoms with van der Waals surface area (Å²) in [7, 11) is 0. The van der Waals surface area contributed by atoms with E-state index >= 15 is 0 Å². The Morgan fingerprint density at radius 3 is 2.34 bits per heavy atom. The molecule has 0 saturated carbocycles. The molecular weight excluding hydrogens is 918 g/mol. The zero-order valence-corrected chi connectivity index (χ0v) is 39.7. The van der Waals surface area contributed by atoms with E-state index in [1.165, 1.54) is 11.8 Å². The predicted molar refractivity (Wildman–Crippen MR) is 258 cm³/mol. The molecule has 3 fully saturated rings. The van der Waals surface area contributed by atoms with Crippen LogP contribution in [-0.2, 0) is 38.1 Å². The summed E-state index contributed by atoms with van der Waals surface area (Å²) in [6, 6.07) is 9.87. The number of hydrogen-bond donors (Lipinski definition) is 6. The molecule has 4 aromatic rings. The average molecular weight is 979 g/mol. The molecule has 0 radical (unpaired) electrons. The fourth-order valence-electron chi connectivity index (χ4n) is 8.42. The summed E-state index contributed by atoms with van der Waals surface area (Å²) in [6.07, 6.45) is 6.78. The monoisotopic (exact) mass is 977 g/mol. The molecule has 3 atom stereocenters. The molecule has 1 spiro atoms. The van der Waals surface area contributed by atoms with Crippen LogP contribution in [0.2, 0.25) is 5.02 Å². The number of rotatable bonds is 23. The van der Waals surface area contributed by atoms with E-state index in [0.29, 0.717) is 115 Å². The van der Waals surface area contributed by atoms with E-state index in [1.807, 2.05) is 19.1 Å². The minimum atomic E-state index is -0.837. The first-order valence-electron chi connectivity index (χ1n) is 23.0. The number of nitrogens with one attached hydrogen (secondary N) is 4. The van der Waals surface area contributed by atoms with Crippen molar-refractivity contribution in [2.75, 3.05) is 93.7 Å². The van der Waals surface area contributed by atoms with Crippen LogP contribution in [0.3, 0.4) is 0 Å². The van der Waals surface area contributed by atoms with Crippen molar-refractivity contribution in [3.63, 3.8) is 0 Å². The van der Waals surface area contributed by atoms with Gasteiger partial charge in [0.15, 0.2) is 5.82 Å².